The first-order valence-electron chi connectivity index (χ1n) is 5.87. The predicted octanol–water partition coefficient (Wildman–Crippen LogP) is 3.42. The fourth-order valence-electron chi connectivity index (χ4n) is 1.86. The van der Waals surface area contributed by atoms with Crippen LogP contribution in [-0.2, 0) is 5.75 Å². The molecule has 0 aliphatic rings. The Bertz CT molecular complexity index is 746. The molecule has 102 valence electrons. The minimum absolute atomic E-state index is 0.684. The van der Waals surface area contributed by atoms with Crippen molar-refractivity contribution >= 4 is 38.9 Å². The Morgan fingerprint density at radius 3 is 3.05 bits per heavy atom. The van der Waals surface area contributed by atoms with E-state index in [1.165, 1.54) is 6.33 Å². The number of benzene rings is 1. The van der Waals surface area contributed by atoms with Gasteiger partial charge in [-0.1, -0.05) is 27.7 Å². The van der Waals surface area contributed by atoms with E-state index in [1.54, 1.807) is 25.2 Å². The van der Waals surface area contributed by atoms with Gasteiger partial charge in [0, 0.05) is 15.8 Å². The Labute approximate surface area is 128 Å². The maximum absolute atomic E-state index is 5.37. The molecule has 3 aromatic rings. The summed E-state index contributed by atoms with van der Waals surface area (Å²) in [5.74, 6) is 1.63. The van der Waals surface area contributed by atoms with E-state index in [9.17, 15) is 0 Å². The fraction of sp³-hybridized carbons (Fsp3) is 0.154. The molecule has 5 nitrogen and oxygen atoms in total. The van der Waals surface area contributed by atoms with Gasteiger partial charge >= 0.3 is 0 Å². The molecule has 7 heteroatoms. The maximum Gasteiger partial charge on any atom is 0.181 e. The van der Waals surface area contributed by atoms with E-state index < -0.39 is 0 Å². The van der Waals surface area contributed by atoms with Gasteiger partial charge in [-0.2, -0.15) is 0 Å². The molecule has 0 bridgehead atoms. The van der Waals surface area contributed by atoms with Gasteiger partial charge in [0.05, 0.1) is 13.4 Å². The molecule has 0 saturated heterocycles. The first kappa shape index (κ1) is 13.4. The van der Waals surface area contributed by atoms with Crippen LogP contribution in [0.1, 0.15) is 5.56 Å². The van der Waals surface area contributed by atoms with E-state index in [0.29, 0.717) is 5.65 Å². The van der Waals surface area contributed by atoms with E-state index in [0.717, 1.165) is 32.1 Å². The number of imidazole rings is 1. The second-order valence-corrected chi connectivity index (χ2v) is 5.90. The zero-order chi connectivity index (χ0) is 13.9. The molecule has 1 N–H and O–H groups in total. The highest BCUT2D eigenvalue weighted by Crippen LogP contribution is 2.31. The van der Waals surface area contributed by atoms with Gasteiger partial charge in [0.25, 0.3) is 0 Å². The molecule has 0 aliphatic heterocycles. The third kappa shape index (κ3) is 2.64. The summed E-state index contributed by atoms with van der Waals surface area (Å²) in [6.07, 6.45) is 3.16. The van der Waals surface area contributed by atoms with Crippen molar-refractivity contribution in [3.05, 3.63) is 40.9 Å². The van der Waals surface area contributed by atoms with Crippen LogP contribution in [-0.4, -0.2) is 27.0 Å². The third-order valence-corrected chi connectivity index (χ3v) is 4.33. The normalized spacial score (nSPS) is 10.9. The third-order valence-electron chi connectivity index (χ3n) is 2.80. The minimum Gasteiger partial charge on any atom is -0.496 e. The average molecular weight is 351 g/mol. The van der Waals surface area contributed by atoms with Crippen LogP contribution in [0.3, 0.4) is 0 Å². The molecule has 2 heterocycles. The summed E-state index contributed by atoms with van der Waals surface area (Å²) in [5, 5.41) is 0.884. The number of ether oxygens (including phenoxy) is 1. The number of hydrogen-bond acceptors (Lipinski definition) is 5. The van der Waals surface area contributed by atoms with Gasteiger partial charge in [-0.3, -0.25) is 0 Å². The van der Waals surface area contributed by atoms with Crippen LogP contribution >= 0.6 is 27.7 Å². The zero-order valence-electron chi connectivity index (χ0n) is 10.6. The van der Waals surface area contributed by atoms with Crippen molar-refractivity contribution in [3.63, 3.8) is 0 Å². The number of aromatic nitrogens is 4. The van der Waals surface area contributed by atoms with Gasteiger partial charge in [-0.25, -0.2) is 15.0 Å². The highest BCUT2D eigenvalue weighted by Gasteiger charge is 2.09. The number of aromatic amines is 1. The summed E-state index contributed by atoms with van der Waals surface area (Å²) in [5.41, 5.74) is 2.66. The van der Waals surface area contributed by atoms with Crippen LogP contribution in [0, 0.1) is 0 Å². The smallest absolute Gasteiger partial charge is 0.181 e. The lowest BCUT2D eigenvalue weighted by atomic mass is 10.2. The fourth-order valence-corrected chi connectivity index (χ4v) is 3.20. The van der Waals surface area contributed by atoms with Gasteiger partial charge in [0.2, 0.25) is 0 Å². The SMILES string of the molecule is COc1ccc(Br)cc1CSc1ncnc2nc[nH]c12. The van der Waals surface area contributed by atoms with Crippen molar-refractivity contribution < 1.29 is 4.74 Å². The largest absolute Gasteiger partial charge is 0.496 e. The van der Waals surface area contributed by atoms with Crippen molar-refractivity contribution in [3.8, 4) is 5.75 Å². The van der Waals surface area contributed by atoms with Crippen LogP contribution in [0.5, 0.6) is 5.75 Å². The second-order valence-electron chi connectivity index (χ2n) is 4.02. The summed E-state index contributed by atoms with van der Waals surface area (Å²) >= 11 is 5.10. The molecule has 0 radical (unpaired) electrons. The number of methoxy groups -OCH3 is 1. The zero-order valence-corrected chi connectivity index (χ0v) is 13.0. The standard InChI is InChI=1S/C13H11BrN4OS/c1-19-10-3-2-9(14)4-8(10)5-20-13-11-12(16-6-15-11)17-7-18-13/h2-4,6-7H,5H2,1H3,(H,15,16,17,18). The molecule has 2 aromatic heterocycles. The number of nitrogens with one attached hydrogen (secondary N) is 1. The van der Waals surface area contributed by atoms with Crippen LogP contribution in [0.15, 0.2) is 40.4 Å². The molecular weight excluding hydrogens is 340 g/mol. The van der Waals surface area contributed by atoms with Gasteiger partial charge < -0.3 is 9.72 Å². The topological polar surface area (TPSA) is 63.7 Å². The average Bonchev–Trinajstić information content (AvgIpc) is 2.94. The molecule has 0 aliphatic carbocycles. The van der Waals surface area contributed by atoms with Crippen LogP contribution in [0.2, 0.25) is 0 Å². The van der Waals surface area contributed by atoms with E-state index in [4.69, 9.17) is 4.74 Å². The first-order valence-corrected chi connectivity index (χ1v) is 7.65. The van der Waals surface area contributed by atoms with E-state index in [2.05, 4.69) is 41.9 Å². The van der Waals surface area contributed by atoms with Crippen molar-refractivity contribution in [1.82, 2.24) is 19.9 Å². The monoisotopic (exact) mass is 350 g/mol. The molecular formula is C13H11BrN4OS. The molecule has 0 fully saturated rings. The lowest BCUT2D eigenvalue weighted by molar-refractivity contribution is 0.411. The number of H-pyrrole nitrogens is 1. The molecule has 0 unspecified atom stereocenters. The molecule has 1 aromatic carbocycles. The highest BCUT2D eigenvalue weighted by atomic mass is 79.9. The van der Waals surface area contributed by atoms with Crippen LogP contribution < -0.4 is 4.74 Å². The highest BCUT2D eigenvalue weighted by molar-refractivity contribution is 9.10. The Balaban J connectivity index is 1.86. The van der Waals surface area contributed by atoms with Crippen molar-refractivity contribution in [2.45, 2.75) is 10.8 Å². The summed E-state index contributed by atoms with van der Waals surface area (Å²) in [7, 11) is 1.68. The Morgan fingerprint density at radius 1 is 1.30 bits per heavy atom. The molecule has 3 rings (SSSR count). The predicted molar refractivity (Wildman–Crippen MR) is 81.9 cm³/mol. The lowest BCUT2D eigenvalue weighted by Crippen LogP contribution is -1.92. The molecule has 0 spiro atoms. The number of fused-ring (bicyclic) bond motifs is 1. The summed E-state index contributed by atoms with van der Waals surface area (Å²) in [4.78, 5) is 15.6. The summed E-state index contributed by atoms with van der Waals surface area (Å²) in [6, 6.07) is 5.97. The Kier molecular flexibility index (Phi) is 3.88. The minimum atomic E-state index is 0.684. The maximum atomic E-state index is 5.37. The number of hydrogen-bond donors (Lipinski definition) is 1. The second kappa shape index (κ2) is 5.80. The molecule has 0 atom stereocenters. The van der Waals surface area contributed by atoms with Gasteiger partial charge in [0.1, 0.15) is 22.6 Å². The summed E-state index contributed by atoms with van der Waals surface area (Å²) < 4.78 is 6.40. The van der Waals surface area contributed by atoms with Gasteiger partial charge in [0.15, 0.2) is 5.65 Å². The van der Waals surface area contributed by atoms with E-state index in [1.807, 2.05) is 12.1 Å². The quantitative estimate of drug-likeness (QED) is 0.576. The number of thioether (sulfide) groups is 1. The van der Waals surface area contributed by atoms with Crippen LogP contribution in [0.25, 0.3) is 11.2 Å². The van der Waals surface area contributed by atoms with Crippen molar-refractivity contribution in [1.29, 1.82) is 0 Å². The molecule has 20 heavy (non-hydrogen) atoms. The lowest BCUT2D eigenvalue weighted by Gasteiger charge is -2.08. The number of rotatable bonds is 4. The summed E-state index contributed by atoms with van der Waals surface area (Å²) in [6.45, 7) is 0. The number of halogens is 1. The first-order chi connectivity index (χ1) is 9.78. The van der Waals surface area contributed by atoms with Gasteiger partial charge in [-0.05, 0) is 18.2 Å². The van der Waals surface area contributed by atoms with Crippen LogP contribution in [0.4, 0.5) is 0 Å². The van der Waals surface area contributed by atoms with E-state index in [-0.39, 0.29) is 0 Å². The van der Waals surface area contributed by atoms with Crippen molar-refractivity contribution in [2.24, 2.45) is 0 Å². The van der Waals surface area contributed by atoms with E-state index >= 15 is 0 Å². The molecule has 0 saturated carbocycles. The molecule has 0 amide bonds. The Morgan fingerprint density at radius 2 is 2.20 bits per heavy atom. The van der Waals surface area contributed by atoms with Crippen molar-refractivity contribution in [2.75, 3.05) is 7.11 Å². The Hall–Kier alpha value is -1.60. The van der Waals surface area contributed by atoms with Gasteiger partial charge in [-0.15, -0.1) is 0 Å². The number of nitrogens with zero attached hydrogens (tertiary/aromatic N) is 3.